The third-order valence-corrected chi connectivity index (χ3v) is 6.16. The first-order valence-corrected chi connectivity index (χ1v) is 11.7. The molecule has 0 aliphatic carbocycles. The number of anilines is 2. The molecule has 0 bridgehead atoms. The molecular weight excluding hydrogens is 486 g/mol. The zero-order valence-corrected chi connectivity index (χ0v) is 20.5. The molecule has 1 aliphatic heterocycles. The average Bonchev–Trinajstić information content (AvgIpc) is 3.36. The molecule has 0 N–H and O–H groups in total. The van der Waals surface area contributed by atoms with Gasteiger partial charge in [-0.05, 0) is 68.0 Å². The predicted molar refractivity (Wildman–Crippen MR) is 142 cm³/mol. The van der Waals surface area contributed by atoms with Crippen LogP contribution >= 0.6 is 0 Å². The minimum absolute atomic E-state index is 0.0413. The van der Waals surface area contributed by atoms with Crippen LogP contribution in [-0.2, 0) is 9.59 Å². The second kappa shape index (κ2) is 9.62. The highest BCUT2D eigenvalue weighted by Crippen LogP contribution is 2.32. The number of carbonyl (C=O) groups excluding carboxylic acids is 3. The van der Waals surface area contributed by atoms with Crippen LogP contribution in [0.15, 0.2) is 94.9 Å². The lowest BCUT2D eigenvalue weighted by molar-refractivity contribution is -0.384. The Hall–Kier alpha value is -5.31. The van der Waals surface area contributed by atoms with Crippen molar-refractivity contribution in [3.63, 3.8) is 0 Å². The number of non-ortho nitro benzene ring substituents is 1. The van der Waals surface area contributed by atoms with Crippen molar-refractivity contribution >= 4 is 41.0 Å². The van der Waals surface area contributed by atoms with E-state index >= 15 is 0 Å². The van der Waals surface area contributed by atoms with E-state index in [2.05, 4.69) is 0 Å². The molecule has 188 valence electrons. The molecule has 5 rings (SSSR count). The number of urea groups is 1. The second-order valence-corrected chi connectivity index (χ2v) is 8.75. The minimum Gasteiger partial charge on any atom is -0.457 e. The molecule has 38 heavy (non-hydrogen) atoms. The number of nitro groups is 1. The van der Waals surface area contributed by atoms with Crippen LogP contribution in [0.3, 0.4) is 0 Å². The van der Waals surface area contributed by atoms with Crippen molar-refractivity contribution in [2.75, 3.05) is 9.80 Å². The zero-order valence-electron chi connectivity index (χ0n) is 20.5. The van der Waals surface area contributed by atoms with E-state index < -0.39 is 22.8 Å². The van der Waals surface area contributed by atoms with Gasteiger partial charge >= 0.3 is 6.03 Å². The molecule has 0 spiro atoms. The lowest BCUT2D eigenvalue weighted by Crippen LogP contribution is -2.57. The molecule has 1 fully saturated rings. The van der Waals surface area contributed by atoms with Crippen molar-refractivity contribution in [3.05, 3.63) is 118 Å². The smallest absolute Gasteiger partial charge is 0.343 e. The summed E-state index contributed by atoms with van der Waals surface area (Å²) < 4.78 is 5.90. The summed E-state index contributed by atoms with van der Waals surface area (Å²) in [7, 11) is 0. The molecule has 0 atom stereocenters. The van der Waals surface area contributed by atoms with Crippen LogP contribution in [0.5, 0.6) is 0 Å². The molecule has 4 amide bonds. The number of imide groups is 2. The maximum atomic E-state index is 13.5. The van der Waals surface area contributed by atoms with Crippen LogP contribution in [0, 0.1) is 24.0 Å². The number of benzene rings is 3. The summed E-state index contributed by atoms with van der Waals surface area (Å²) in [5.74, 6) is -0.938. The van der Waals surface area contributed by atoms with E-state index in [-0.39, 0.29) is 17.0 Å². The van der Waals surface area contributed by atoms with Gasteiger partial charge in [0.05, 0.1) is 16.3 Å². The van der Waals surface area contributed by atoms with Gasteiger partial charge in [-0.2, -0.15) is 0 Å². The molecular formula is C29H21N3O6. The fraction of sp³-hybridized carbons (Fsp3) is 0.0690. The summed E-state index contributed by atoms with van der Waals surface area (Å²) in [6, 6.07) is 22.0. The number of hydrogen-bond acceptors (Lipinski definition) is 6. The molecule has 4 aromatic rings. The third-order valence-electron chi connectivity index (χ3n) is 6.16. The van der Waals surface area contributed by atoms with Gasteiger partial charge in [-0.3, -0.25) is 19.7 Å². The quantitative estimate of drug-likeness (QED) is 0.140. The van der Waals surface area contributed by atoms with Gasteiger partial charge in [0.25, 0.3) is 17.5 Å². The van der Waals surface area contributed by atoms with Gasteiger partial charge in [-0.1, -0.05) is 35.9 Å². The molecule has 9 nitrogen and oxygen atoms in total. The third kappa shape index (κ3) is 4.37. The summed E-state index contributed by atoms with van der Waals surface area (Å²) in [6.45, 7) is 3.61. The second-order valence-electron chi connectivity index (χ2n) is 8.75. The number of furan rings is 1. The highest BCUT2D eigenvalue weighted by molar-refractivity contribution is 6.46. The zero-order chi connectivity index (χ0) is 27.0. The summed E-state index contributed by atoms with van der Waals surface area (Å²) >= 11 is 0. The van der Waals surface area contributed by atoms with Crippen LogP contribution in [0.1, 0.15) is 16.9 Å². The average molecular weight is 508 g/mol. The topological polar surface area (TPSA) is 114 Å². The number of nitrogens with zero attached hydrogens (tertiary/aromatic N) is 3. The molecule has 0 unspecified atom stereocenters. The van der Waals surface area contributed by atoms with Gasteiger partial charge in [-0.25, -0.2) is 14.6 Å². The number of hydrogen-bond donors (Lipinski definition) is 0. The molecule has 3 aromatic carbocycles. The van der Waals surface area contributed by atoms with Crippen LogP contribution in [0.25, 0.3) is 17.4 Å². The number of para-hydroxylation sites is 1. The van der Waals surface area contributed by atoms with Gasteiger partial charge in [0, 0.05) is 17.7 Å². The largest absolute Gasteiger partial charge is 0.457 e. The first kappa shape index (κ1) is 24.4. The Morgan fingerprint density at radius 1 is 0.789 bits per heavy atom. The van der Waals surface area contributed by atoms with E-state index in [4.69, 9.17) is 4.42 Å². The van der Waals surface area contributed by atoms with E-state index in [1.165, 1.54) is 18.2 Å². The fourth-order valence-corrected chi connectivity index (χ4v) is 4.21. The van der Waals surface area contributed by atoms with E-state index in [1.807, 2.05) is 6.92 Å². The number of amides is 4. The summed E-state index contributed by atoms with van der Waals surface area (Å²) in [5, 5.41) is 11.1. The lowest BCUT2D eigenvalue weighted by Gasteiger charge is -2.33. The maximum Gasteiger partial charge on any atom is 0.343 e. The van der Waals surface area contributed by atoms with Gasteiger partial charge in [0.15, 0.2) is 0 Å². The molecule has 0 saturated carbocycles. The van der Waals surface area contributed by atoms with Crippen molar-refractivity contribution in [2.45, 2.75) is 13.8 Å². The number of carbonyl (C=O) groups is 3. The Kier molecular flexibility index (Phi) is 6.18. The SMILES string of the molecule is Cc1ccc(N2C(=O)/C(=C\c3ccc(-c4ccc([N+](=O)[O-])cc4C)o3)C(=O)N(c3ccccc3)C2=O)cc1. The number of barbiturate groups is 1. The molecule has 1 saturated heterocycles. The highest BCUT2D eigenvalue weighted by atomic mass is 16.6. The summed E-state index contributed by atoms with van der Waals surface area (Å²) in [4.78, 5) is 53.0. The summed E-state index contributed by atoms with van der Waals surface area (Å²) in [6.07, 6.45) is 1.30. The monoisotopic (exact) mass is 507 g/mol. The first-order chi connectivity index (χ1) is 18.2. The van der Waals surface area contributed by atoms with Crippen molar-refractivity contribution in [1.82, 2.24) is 0 Å². The van der Waals surface area contributed by atoms with Crippen LogP contribution in [-0.4, -0.2) is 22.8 Å². The van der Waals surface area contributed by atoms with E-state index in [1.54, 1.807) is 79.7 Å². The van der Waals surface area contributed by atoms with E-state index in [0.29, 0.717) is 28.3 Å². The minimum atomic E-state index is -0.783. The van der Waals surface area contributed by atoms with E-state index in [0.717, 1.165) is 15.4 Å². The van der Waals surface area contributed by atoms with Crippen molar-refractivity contribution < 1.29 is 23.7 Å². The molecule has 9 heteroatoms. The predicted octanol–water partition coefficient (Wildman–Crippen LogP) is 6.06. The van der Waals surface area contributed by atoms with Gasteiger partial charge in [-0.15, -0.1) is 0 Å². The Morgan fingerprint density at radius 3 is 2.03 bits per heavy atom. The Bertz CT molecular complexity index is 1620. The first-order valence-electron chi connectivity index (χ1n) is 11.7. The molecule has 0 radical (unpaired) electrons. The van der Waals surface area contributed by atoms with Gasteiger partial charge < -0.3 is 4.42 Å². The van der Waals surface area contributed by atoms with Crippen molar-refractivity contribution in [1.29, 1.82) is 0 Å². The Morgan fingerprint density at radius 2 is 1.42 bits per heavy atom. The fourth-order valence-electron chi connectivity index (χ4n) is 4.21. The summed E-state index contributed by atoms with van der Waals surface area (Å²) in [5.41, 5.74) is 2.55. The number of aryl methyl sites for hydroxylation is 2. The normalized spacial score (nSPS) is 14.9. The number of nitro benzene ring substituents is 1. The van der Waals surface area contributed by atoms with Gasteiger partial charge in [0.2, 0.25) is 0 Å². The van der Waals surface area contributed by atoms with Crippen molar-refractivity contribution in [2.24, 2.45) is 0 Å². The van der Waals surface area contributed by atoms with E-state index in [9.17, 15) is 24.5 Å². The Labute approximate surface area is 217 Å². The van der Waals surface area contributed by atoms with Crippen LogP contribution in [0.2, 0.25) is 0 Å². The standard InChI is InChI=1S/C29H21N3O6/c1-18-8-10-21(11-9-18)31-28(34)25(27(33)30(29(31)35)20-6-4-3-5-7-20)17-23-13-15-26(38-23)24-14-12-22(32(36)37)16-19(24)2/h3-17H,1-2H3/b25-17-. The molecule has 1 aliphatic rings. The van der Waals surface area contributed by atoms with Crippen LogP contribution < -0.4 is 9.80 Å². The molecule has 2 heterocycles. The highest BCUT2D eigenvalue weighted by Gasteiger charge is 2.43. The van der Waals surface area contributed by atoms with Gasteiger partial charge in [0.1, 0.15) is 17.1 Å². The Balaban J connectivity index is 1.57. The number of rotatable bonds is 5. The van der Waals surface area contributed by atoms with Crippen molar-refractivity contribution in [3.8, 4) is 11.3 Å². The molecule has 1 aromatic heterocycles. The lowest BCUT2D eigenvalue weighted by atomic mass is 10.1. The maximum absolute atomic E-state index is 13.5. The van der Waals surface area contributed by atoms with Crippen LogP contribution in [0.4, 0.5) is 21.9 Å².